The van der Waals surface area contributed by atoms with E-state index in [-0.39, 0.29) is 16.7 Å². The molecule has 2 saturated carbocycles. The van der Waals surface area contributed by atoms with E-state index in [0.717, 1.165) is 24.1 Å². The van der Waals surface area contributed by atoms with Crippen LogP contribution in [0.5, 0.6) is 5.75 Å². The first-order valence-electron chi connectivity index (χ1n) is 10.9. The molecule has 2 aromatic carbocycles. The number of ether oxygens (including phenoxy) is 1. The third-order valence-corrected chi connectivity index (χ3v) is 8.02. The monoisotopic (exact) mass is 434 g/mol. The first-order valence-corrected chi connectivity index (χ1v) is 10.9. The van der Waals surface area contributed by atoms with Crippen molar-refractivity contribution in [2.75, 3.05) is 12.4 Å². The van der Waals surface area contributed by atoms with Gasteiger partial charge in [-0.25, -0.2) is 4.79 Å². The molecule has 0 heterocycles. The van der Waals surface area contributed by atoms with Crippen LogP contribution in [0.25, 0.3) is 0 Å². The number of aryl methyl sites for hydroxylation is 1. The molecule has 2 aliphatic rings. The molecule has 32 heavy (non-hydrogen) atoms. The van der Waals surface area contributed by atoms with E-state index in [1.165, 1.54) is 0 Å². The summed E-state index contributed by atoms with van der Waals surface area (Å²) in [6.45, 7) is 8.33. The number of nitrogens with one attached hydrogen (secondary N) is 1. The molecule has 2 aliphatic carbocycles. The van der Waals surface area contributed by atoms with Gasteiger partial charge in [0, 0.05) is 23.6 Å². The third kappa shape index (κ3) is 3.29. The molecule has 0 radical (unpaired) electrons. The molecule has 1 amide bonds. The van der Waals surface area contributed by atoms with Gasteiger partial charge in [-0.05, 0) is 49.4 Å². The minimum atomic E-state index is -0.625. The lowest BCUT2D eigenvalue weighted by atomic mass is 9.64. The Morgan fingerprint density at radius 3 is 2.44 bits per heavy atom. The van der Waals surface area contributed by atoms with E-state index >= 15 is 0 Å². The van der Waals surface area contributed by atoms with E-state index in [9.17, 15) is 9.59 Å². The SMILES string of the molecule is COc1cccc(NC(=O)C23CCC(C)(/C(=N\OC(=O)c4ccc(C)cc4)C2)C3(C)C)c1. The molecule has 6 heteroatoms. The van der Waals surface area contributed by atoms with Crippen LogP contribution in [0, 0.1) is 23.2 Å². The van der Waals surface area contributed by atoms with Gasteiger partial charge >= 0.3 is 5.97 Å². The van der Waals surface area contributed by atoms with Gasteiger partial charge in [0.25, 0.3) is 0 Å². The number of carbonyl (C=O) groups is 2. The Bertz CT molecular complexity index is 1090. The predicted octanol–water partition coefficient (Wildman–Crippen LogP) is 5.37. The van der Waals surface area contributed by atoms with E-state index in [0.29, 0.717) is 23.4 Å². The molecular weight excluding hydrogens is 404 g/mol. The first kappa shape index (κ1) is 22.1. The van der Waals surface area contributed by atoms with Crippen molar-refractivity contribution in [3.8, 4) is 5.75 Å². The molecule has 0 saturated heterocycles. The molecule has 6 nitrogen and oxygen atoms in total. The summed E-state index contributed by atoms with van der Waals surface area (Å²) in [5.74, 6) is 0.165. The zero-order valence-electron chi connectivity index (χ0n) is 19.3. The van der Waals surface area contributed by atoms with Crippen molar-refractivity contribution in [2.24, 2.45) is 21.4 Å². The van der Waals surface area contributed by atoms with Gasteiger partial charge < -0.3 is 14.9 Å². The number of carbonyl (C=O) groups excluding carboxylic acids is 2. The normalized spacial score (nSPS) is 26.7. The van der Waals surface area contributed by atoms with E-state index in [1.807, 2.05) is 43.3 Å². The van der Waals surface area contributed by atoms with Crippen LogP contribution >= 0.6 is 0 Å². The van der Waals surface area contributed by atoms with Gasteiger partial charge in [-0.3, -0.25) is 4.79 Å². The van der Waals surface area contributed by atoms with Crippen LogP contribution in [-0.2, 0) is 9.63 Å². The van der Waals surface area contributed by atoms with Crippen LogP contribution in [0.1, 0.15) is 56.0 Å². The van der Waals surface area contributed by atoms with E-state index in [2.05, 4.69) is 31.2 Å². The number of methoxy groups -OCH3 is 1. The van der Waals surface area contributed by atoms with Crippen LogP contribution in [0.2, 0.25) is 0 Å². The third-order valence-electron chi connectivity index (χ3n) is 8.02. The zero-order chi connectivity index (χ0) is 23.1. The second kappa shape index (κ2) is 7.76. The minimum absolute atomic E-state index is 0.0328. The standard InChI is InChI=1S/C26H30N2O4/c1-17-9-11-18(12-10-17)22(29)32-28-21-16-26(14-13-25(21,4)24(26,2)3)23(30)27-19-7-6-8-20(15-19)31-5/h6-12,15H,13-14,16H2,1-5H3,(H,27,30)/b28-21-. The van der Waals surface area contributed by atoms with Crippen molar-refractivity contribution in [1.29, 1.82) is 0 Å². The topological polar surface area (TPSA) is 77.0 Å². The van der Waals surface area contributed by atoms with Crippen LogP contribution in [0.3, 0.4) is 0 Å². The average Bonchev–Trinajstić information content (AvgIpc) is 3.08. The Morgan fingerprint density at radius 2 is 1.75 bits per heavy atom. The van der Waals surface area contributed by atoms with E-state index < -0.39 is 11.4 Å². The number of benzene rings is 2. The molecule has 0 aromatic heterocycles. The molecule has 2 unspecified atom stereocenters. The summed E-state index contributed by atoms with van der Waals surface area (Å²) in [6.07, 6.45) is 2.04. The number of anilines is 1. The highest BCUT2D eigenvalue weighted by Gasteiger charge is 2.71. The highest BCUT2D eigenvalue weighted by Crippen LogP contribution is 2.71. The molecule has 2 aromatic rings. The summed E-state index contributed by atoms with van der Waals surface area (Å²) in [5, 5.41) is 7.39. The Hall–Kier alpha value is -3.15. The quantitative estimate of drug-likeness (QED) is 0.507. The number of nitrogens with zero attached hydrogens (tertiary/aromatic N) is 1. The number of rotatable bonds is 5. The fourth-order valence-electron chi connectivity index (χ4n) is 5.31. The summed E-state index contributed by atoms with van der Waals surface area (Å²) in [5.41, 5.74) is 1.70. The van der Waals surface area contributed by atoms with Crippen molar-refractivity contribution in [2.45, 2.75) is 47.0 Å². The molecule has 0 spiro atoms. The molecule has 168 valence electrons. The molecule has 2 bridgehead atoms. The number of hydrogen-bond donors (Lipinski definition) is 1. The molecule has 0 aliphatic heterocycles. The van der Waals surface area contributed by atoms with Crippen molar-refractivity contribution in [3.63, 3.8) is 0 Å². The Morgan fingerprint density at radius 1 is 1.03 bits per heavy atom. The highest BCUT2D eigenvalue weighted by atomic mass is 16.7. The summed E-state index contributed by atoms with van der Waals surface area (Å²) in [6, 6.07) is 14.5. The van der Waals surface area contributed by atoms with Crippen molar-refractivity contribution < 1.29 is 19.2 Å². The van der Waals surface area contributed by atoms with Gasteiger partial charge in [0.2, 0.25) is 5.91 Å². The molecule has 2 atom stereocenters. The van der Waals surface area contributed by atoms with Crippen molar-refractivity contribution in [3.05, 3.63) is 59.7 Å². The van der Waals surface area contributed by atoms with Crippen LogP contribution in [0.4, 0.5) is 5.69 Å². The van der Waals surface area contributed by atoms with Gasteiger partial charge in [-0.15, -0.1) is 0 Å². The summed E-state index contributed by atoms with van der Waals surface area (Å²) >= 11 is 0. The maximum atomic E-state index is 13.6. The van der Waals surface area contributed by atoms with E-state index in [4.69, 9.17) is 9.57 Å². The van der Waals surface area contributed by atoms with E-state index in [1.54, 1.807) is 19.2 Å². The number of fused-ring (bicyclic) bond motifs is 2. The Labute approximate surface area is 189 Å². The largest absolute Gasteiger partial charge is 0.497 e. The number of amides is 1. The second-order valence-corrected chi connectivity index (χ2v) is 9.68. The van der Waals surface area contributed by atoms with Crippen molar-refractivity contribution in [1.82, 2.24) is 0 Å². The number of hydrogen-bond acceptors (Lipinski definition) is 5. The first-order chi connectivity index (χ1) is 15.1. The molecule has 4 rings (SSSR count). The fraction of sp³-hybridized carbons (Fsp3) is 0.423. The van der Waals surface area contributed by atoms with Crippen LogP contribution in [0.15, 0.2) is 53.7 Å². The fourth-order valence-corrected chi connectivity index (χ4v) is 5.31. The highest BCUT2D eigenvalue weighted by molar-refractivity contribution is 6.06. The van der Waals surface area contributed by atoms with Gasteiger partial charge in [0.15, 0.2) is 0 Å². The second-order valence-electron chi connectivity index (χ2n) is 9.68. The maximum Gasteiger partial charge on any atom is 0.365 e. The smallest absolute Gasteiger partial charge is 0.365 e. The van der Waals surface area contributed by atoms with Crippen molar-refractivity contribution >= 4 is 23.3 Å². The van der Waals surface area contributed by atoms with Gasteiger partial charge in [0.1, 0.15) is 5.75 Å². The summed E-state index contributed by atoms with van der Waals surface area (Å²) in [7, 11) is 1.60. The summed E-state index contributed by atoms with van der Waals surface area (Å²) in [4.78, 5) is 31.4. The van der Waals surface area contributed by atoms with Gasteiger partial charge in [-0.2, -0.15) is 0 Å². The molecular formula is C26H30N2O4. The maximum absolute atomic E-state index is 13.6. The molecule has 2 fully saturated rings. The predicted molar refractivity (Wildman–Crippen MR) is 124 cm³/mol. The van der Waals surface area contributed by atoms with Gasteiger partial charge in [-0.1, -0.05) is 49.7 Å². The molecule has 1 N–H and O–H groups in total. The lowest BCUT2D eigenvalue weighted by Gasteiger charge is -2.39. The average molecular weight is 435 g/mol. The Kier molecular flexibility index (Phi) is 5.35. The summed E-state index contributed by atoms with van der Waals surface area (Å²) < 4.78 is 5.27. The lowest BCUT2D eigenvalue weighted by molar-refractivity contribution is -0.130. The number of oxime groups is 1. The Balaban J connectivity index is 1.57. The van der Waals surface area contributed by atoms with Crippen LogP contribution in [-0.4, -0.2) is 24.7 Å². The lowest BCUT2D eigenvalue weighted by Crippen LogP contribution is -2.43. The van der Waals surface area contributed by atoms with Crippen LogP contribution < -0.4 is 10.1 Å². The minimum Gasteiger partial charge on any atom is -0.497 e. The van der Waals surface area contributed by atoms with Gasteiger partial charge in [0.05, 0.1) is 23.8 Å². The zero-order valence-corrected chi connectivity index (χ0v) is 19.3.